The normalized spacial score (nSPS) is 11.7. The van der Waals surface area contributed by atoms with Crippen LogP contribution in [0.25, 0.3) is 12.2 Å². The van der Waals surface area contributed by atoms with Gasteiger partial charge in [-0.1, -0.05) is 24.3 Å². The minimum atomic E-state index is -0.661. The fraction of sp³-hybridized carbons (Fsp3) is 0.167. The van der Waals surface area contributed by atoms with Gasteiger partial charge in [-0.3, -0.25) is 9.59 Å². The monoisotopic (exact) mass is 424 g/mol. The Morgan fingerprint density at radius 1 is 0.806 bits per heavy atom. The molecule has 0 aliphatic heterocycles. The van der Waals surface area contributed by atoms with E-state index in [1.165, 1.54) is 45.6 Å². The highest BCUT2D eigenvalue weighted by Crippen LogP contribution is 2.28. The highest BCUT2D eigenvalue weighted by atomic mass is 16.5. The van der Waals surface area contributed by atoms with E-state index < -0.39 is 11.6 Å². The lowest BCUT2D eigenvalue weighted by molar-refractivity contribution is -0.116. The average molecular weight is 424 g/mol. The Morgan fingerprint density at radius 2 is 1.32 bits per heavy atom. The summed E-state index contributed by atoms with van der Waals surface area (Å²) in [5.41, 5.74) is 1.46. The smallest absolute Gasteiger partial charge is 0.192 e. The molecule has 2 N–H and O–H groups in total. The van der Waals surface area contributed by atoms with E-state index in [4.69, 9.17) is 14.2 Å². The second kappa shape index (κ2) is 11.4. The summed E-state index contributed by atoms with van der Waals surface area (Å²) in [5, 5.41) is 18.8. The molecule has 0 radical (unpaired) electrons. The molecule has 0 aromatic heterocycles. The van der Waals surface area contributed by atoms with Crippen LogP contribution < -0.4 is 14.2 Å². The van der Waals surface area contributed by atoms with Gasteiger partial charge in [0.25, 0.3) is 0 Å². The van der Waals surface area contributed by atoms with Crippen LogP contribution in [0.4, 0.5) is 0 Å². The van der Waals surface area contributed by atoms with Gasteiger partial charge in [0.1, 0.15) is 11.3 Å². The summed E-state index contributed by atoms with van der Waals surface area (Å²) in [4.78, 5) is 24.8. The van der Waals surface area contributed by atoms with Crippen LogP contribution in [0.5, 0.6) is 17.2 Å². The predicted octanol–water partition coefficient (Wildman–Crippen LogP) is 3.51. The van der Waals surface area contributed by atoms with Crippen LogP contribution in [0.1, 0.15) is 16.7 Å². The van der Waals surface area contributed by atoms with Crippen LogP contribution in [-0.2, 0) is 16.2 Å². The topological polar surface area (TPSA) is 102 Å². The van der Waals surface area contributed by atoms with E-state index in [-0.39, 0.29) is 12.2 Å². The van der Waals surface area contributed by atoms with Gasteiger partial charge in [-0.05, 0) is 47.5 Å². The summed E-state index contributed by atoms with van der Waals surface area (Å²) < 4.78 is 15.5. The lowest BCUT2D eigenvalue weighted by Crippen LogP contribution is -2.08. The highest BCUT2D eigenvalue weighted by molar-refractivity contribution is 6.28. The van der Waals surface area contributed by atoms with Crippen LogP contribution in [0.15, 0.2) is 60.4 Å². The molecule has 162 valence electrons. The molecular weight excluding hydrogens is 400 g/mol. The Labute approximate surface area is 180 Å². The maximum absolute atomic E-state index is 12.4. The van der Waals surface area contributed by atoms with E-state index >= 15 is 0 Å². The Kier molecular flexibility index (Phi) is 8.60. The molecular formula is C24H24O7. The molecule has 0 heterocycles. The van der Waals surface area contributed by atoms with Gasteiger partial charge in [0.15, 0.2) is 23.1 Å². The number of methoxy groups -OCH3 is 3. The fourth-order valence-electron chi connectivity index (χ4n) is 2.75. The van der Waals surface area contributed by atoms with Gasteiger partial charge in [-0.25, -0.2) is 0 Å². The van der Waals surface area contributed by atoms with Crippen molar-refractivity contribution in [3.05, 3.63) is 77.1 Å². The van der Waals surface area contributed by atoms with Crippen molar-refractivity contribution in [2.24, 2.45) is 0 Å². The van der Waals surface area contributed by atoms with Crippen molar-refractivity contribution >= 4 is 23.7 Å². The number of rotatable bonds is 10. The lowest BCUT2D eigenvalue weighted by Gasteiger charge is -2.07. The molecule has 0 unspecified atom stereocenters. The van der Waals surface area contributed by atoms with Crippen molar-refractivity contribution < 1.29 is 34.0 Å². The number of allylic oxidation sites excluding steroid dienone is 3. The number of carbonyl (C=O) groups is 2. The highest BCUT2D eigenvalue weighted by Gasteiger charge is 2.14. The van der Waals surface area contributed by atoms with Crippen LogP contribution in [0.2, 0.25) is 0 Å². The quantitative estimate of drug-likeness (QED) is 0.260. The molecule has 0 saturated carbocycles. The third kappa shape index (κ3) is 6.07. The number of ketones is 2. The predicted molar refractivity (Wildman–Crippen MR) is 117 cm³/mol. The minimum absolute atomic E-state index is 0.222. The van der Waals surface area contributed by atoms with Gasteiger partial charge in [-0.15, -0.1) is 0 Å². The third-order valence-electron chi connectivity index (χ3n) is 4.40. The molecule has 7 nitrogen and oxygen atoms in total. The number of carbonyl (C=O) groups excluding carboxylic acids is 2. The van der Waals surface area contributed by atoms with Crippen molar-refractivity contribution in [3.8, 4) is 17.2 Å². The average Bonchev–Trinajstić information content (AvgIpc) is 2.81. The molecule has 0 saturated heterocycles. The lowest BCUT2D eigenvalue weighted by atomic mass is 10.0. The molecule has 2 rings (SSSR count). The van der Waals surface area contributed by atoms with Crippen molar-refractivity contribution in [2.75, 3.05) is 21.3 Å². The second-order valence-corrected chi connectivity index (χ2v) is 6.28. The summed E-state index contributed by atoms with van der Waals surface area (Å²) in [7, 11) is 4.51. The molecule has 2 aromatic carbocycles. The van der Waals surface area contributed by atoms with Crippen molar-refractivity contribution in [3.63, 3.8) is 0 Å². The number of hydrogen-bond donors (Lipinski definition) is 2. The van der Waals surface area contributed by atoms with Gasteiger partial charge in [0.05, 0.1) is 34.2 Å². The first kappa shape index (κ1) is 23.4. The maximum atomic E-state index is 12.4. The molecule has 7 heteroatoms. The largest absolute Gasteiger partial charge is 0.515 e. The maximum Gasteiger partial charge on any atom is 0.192 e. The Balaban J connectivity index is 2.14. The molecule has 0 aliphatic carbocycles. The molecule has 0 aliphatic rings. The summed E-state index contributed by atoms with van der Waals surface area (Å²) in [6, 6.07) is 10.1. The van der Waals surface area contributed by atoms with Crippen molar-refractivity contribution in [2.45, 2.75) is 6.61 Å². The second-order valence-electron chi connectivity index (χ2n) is 6.28. The van der Waals surface area contributed by atoms with E-state index in [0.717, 1.165) is 0 Å². The third-order valence-corrected chi connectivity index (χ3v) is 4.40. The Hall–Kier alpha value is -3.84. The van der Waals surface area contributed by atoms with Gasteiger partial charge < -0.3 is 24.4 Å². The van der Waals surface area contributed by atoms with Crippen LogP contribution in [0.3, 0.4) is 0 Å². The number of aliphatic hydroxyl groups is 2. The molecule has 2 aromatic rings. The van der Waals surface area contributed by atoms with E-state index in [9.17, 15) is 19.8 Å². The van der Waals surface area contributed by atoms with E-state index in [2.05, 4.69) is 0 Å². The van der Waals surface area contributed by atoms with Gasteiger partial charge in [0, 0.05) is 5.56 Å². The van der Waals surface area contributed by atoms with Gasteiger partial charge >= 0.3 is 0 Å². The SMILES string of the molecule is COc1ccc(/C=C/C(=O)C(=CO)C(=O)/C=C/c2ccc(OC)c(OC)c2)cc1CO. The Morgan fingerprint density at radius 3 is 1.81 bits per heavy atom. The number of ether oxygens (including phenoxy) is 3. The zero-order valence-electron chi connectivity index (χ0n) is 17.5. The zero-order valence-corrected chi connectivity index (χ0v) is 17.5. The number of benzene rings is 2. The fourth-order valence-corrected chi connectivity index (χ4v) is 2.75. The first-order valence-corrected chi connectivity index (χ1v) is 9.26. The summed E-state index contributed by atoms with van der Waals surface area (Å²) in [6.07, 6.45) is 5.83. The van der Waals surface area contributed by atoms with Gasteiger partial charge in [-0.2, -0.15) is 0 Å². The van der Waals surface area contributed by atoms with E-state index in [1.807, 2.05) is 0 Å². The molecule has 0 atom stereocenters. The summed E-state index contributed by atoms with van der Waals surface area (Å²) >= 11 is 0. The number of aliphatic hydroxyl groups excluding tert-OH is 2. The van der Waals surface area contributed by atoms with Gasteiger partial charge in [0.2, 0.25) is 0 Å². The zero-order chi connectivity index (χ0) is 22.8. The van der Waals surface area contributed by atoms with E-state index in [0.29, 0.717) is 40.2 Å². The Bertz CT molecular complexity index is 953. The van der Waals surface area contributed by atoms with Crippen molar-refractivity contribution in [1.29, 1.82) is 0 Å². The van der Waals surface area contributed by atoms with Crippen LogP contribution in [0, 0.1) is 0 Å². The molecule has 0 amide bonds. The first-order valence-electron chi connectivity index (χ1n) is 9.26. The first-order chi connectivity index (χ1) is 15.0. The molecule has 0 fully saturated rings. The van der Waals surface area contributed by atoms with E-state index in [1.54, 1.807) is 36.4 Å². The molecule has 0 bridgehead atoms. The molecule has 0 spiro atoms. The molecule has 31 heavy (non-hydrogen) atoms. The number of hydrogen-bond acceptors (Lipinski definition) is 7. The van der Waals surface area contributed by atoms with Crippen LogP contribution >= 0.6 is 0 Å². The van der Waals surface area contributed by atoms with Crippen molar-refractivity contribution in [1.82, 2.24) is 0 Å². The van der Waals surface area contributed by atoms with Crippen LogP contribution in [-0.4, -0.2) is 43.1 Å². The summed E-state index contributed by atoms with van der Waals surface area (Å²) in [5.74, 6) is 0.252. The standard InChI is InChI=1S/C24H24O7/c1-29-22-10-6-16(12-18(22)14-25)4-8-20(27)19(15-26)21(28)9-5-17-7-11-23(30-2)24(13-17)31-3/h4-13,15,25-26H,14H2,1-3H3/b8-4+,9-5+,19-15?. The minimum Gasteiger partial charge on any atom is -0.515 e. The summed E-state index contributed by atoms with van der Waals surface area (Å²) in [6.45, 7) is -0.222.